The number of nitrogens with zero attached hydrogens (tertiary/aromatic N) is 1. The van der Waals surface area contributed by atoms with Gasteiger partial charge in [-0.25, -0.2) is 0 Å². The fraction of sp³-hybridized carbons (Fsp3) is 0.562. The molecule has 1 heterocycles. The summed E-state index contributed by atoms with van der Waals surface area (Å²) >= 11 is 0. The lowest BCUT2D eigenvalue weighted by molar-refractivity contribution is -0.158. The van der Waals surface area contributed by atoms with E-state index in [0.29, 0.717) is 18.8 Å². The Bertz CT molecular complexity index is 449. The Hall–Kier alpha value is -1.55. The van der Waals surface area contributed by atoms with Crippen LogP contribution in [-0.4, -0.2) is 41.2 Å². The Labute approximate surface area is 120 Å². The minimum absolute atomic E-state index is 0.0354. The van der Waals surface area contributed by atoms with Crippen molar-refractivity contribution in [1.29, 1.82) is 0 Å². The number of amides is 1. The number of carbonyl (C=O) groups is 1. The van der Waals surface area contributed by atoms with Crippen molar-refractivity contribution in [2.24, 2.45) is 0 Å². The van der Waals surface area contributed by atoms with Gasteiger partial charge in [-0.05, 0) is 30.5 Å². The fourth-order valence-corrected chi connectivity index (χ4v) is 2.52. The first-order valence-electron chi connectivity index (χ1n) is 7.28. The molecule has 0 radical (unpaired) electrons. The summed E-state index contributed by atoms with van der Waals surface area (Å²) in [5, 5.41) is 10.0. The number of β-amino-alcohol motifs (C(OH)–C–C–N with tert-alkyl or cyclic N) is 1. The molecule has 1 amide bonds. The van der Waals surface area contributed by atoms with Crippen LogP contribution in [0.15, 0.2) is 24.3 Å². The minimum atomic E-state index is -0.673. The SMILES string of the molecule is CCCC1(O)CN(C(=O)COc2ccc(CC)cc2)C1. The molecule has 20 heavy (non-hydrogen) atoms. The van der Waals surface area contributed by atoms with Crippen molar-refractivity contribution in [3.05, 3.63) is 29.8 Å². The number of likely N-dealkylation sites (tertiary alicyclic amines) is 1. The second-order valence-electron chi connectivity index (χ2n) is 5.51. The number of aryl methyl sites for hydroxylation is 1. The van der Waals surface area contributed by atoms with E-state index >= 15 is 0 Å². The summed E-state index contributed by atoms with van der Waals surface area (Å²) in [6.45, 7) is 5.02. The molecule has 110 valence electrons. The van der Waals surface area contributed by atoms with Crippen LogP contribution in [0, 0.1) is 0 Å². The second-order valence-corrected chi connectivity index (χ2v) is 5.51. The first kappa shape index (κ1) is 14.9. The average Bonchev–Trinajstić information content (AvgIpc) is 2.43. The van der Waals surface area contributed by atoms with E-state index in [2.05, 4.69) is 6.92 Å². The molecule has 1 aliphatic rings. The van der Waals surface area contributed by atoms with E-state index in [9.17, 15) is 9.90 Å². The highest BCUT2D eigenvalue weighted by Crippen LogP contribution is 2.25. The molecule has 0 atom stereocenters. The van der Waals surface area contributed by atoms with Gasteiger partial charge >= 0.3 is 0 Å². The van der Waals surface area contributed by atoms with E-state index in [1.807, 2.05) is 31.2 Å². The van der Waals surface area contributed by atoms with Crippen LogP contribution in [0.1, 0.15) is 32.3 Å². The van der Waals surface area contributed by atoms with Crippen molar-refractivity contribution in [2.75, 3.05) is 19.7 Å². The number of carbonyl (C=O) groups excluding carboxylic acids is 1. The monoisotopic (exact) mass is 277 g/mol. The standard InChI is InChI=1S/C16H23NO3/c1-3-9-16(19)11-17(12-16)15(18)10-20-14-7-5-13(4-2)6-8-14/h5-8,19H,3-4,9-12H2,1-2H3. The van der Waals surface area contributed by atoms with Crippen LogP contribution < -0.4 is 4.74 Å². The fourth-order valence-electron chi connectivity index (χ4n) is 2.52. The quantitative estimate of drug-likeness (QED) is 0.865. The summed E-state index contributed by atoms with van der Waals surface area (Å²) in [6, 6.07) is 7.78. The summed E-state index contributed by atoms with van der Waals surface area (Å²) in [4.78, 5) is 13.6. The average molecular weight is 277 g/mol. The Balaban J connectivity index is 1.76. The van der Waals surface area contributed by atoms with Crippen LogP contribution in [0.2, 0.25) is 0 Å². The van der Waals surface area contributed by atoms with E-state index in [4.69, 9.17) is 4.74 Å². The van der Waals surface area contributed by atoms with Crippen LogP contribution in [-0.2, 0) is 11.2 Å². The highest BCUT2D eigenvalue weighted by atomic mass is 16.5. The molecular weight excluding hydrogens is 254 g/mol. The van der Waals surface area contributed by atoms with Gasteiger partial charge in [-0.2, -0.15) is 0 Å². The maximum atomic E-state index is 11.9. The van der Waals surface area contributed by atoms with Gasteiger partial charge in [0.05, 0.1) is 18.7 Å². The number of benzene rings is 1. The molecule has 4 heteroatoms. The van der Waals surface area contributed by atoms with Gasteiger partial charge in [0, 0.05) is 0 Å². The molecule has 2 rings (SSSR count). The predicted molar refractivity (Wildman–Crippen MR) is 77.8 cm³/mol. The van der Waals surface area contributed by atoms with Crippen molar-refractivity contribution >= 4 is 5.91 Å². The van der Waals surface area contributed by atoms with Gasteiger partial charge < -0.3 is 14.7 Å². The van der Waals surface area contributed by atoms with E-state index in [1.54, 1.807) is 4.90 Å². The molecule has 1 N–H and O–H groups in total. The molecule has 1 aromatic carbocycles. The molecule has 0 aromatic heterocycles. The van der Waals surface area contributed by atoms with Gasteiger partial charge in [0.2, 0.25) is 0 Å². The third-order valence-corrected chi connectivity index (χ3v) is 3.73. The molecule has 1 saturated heterocycles. The number of hydrogen-bond acceptors (Lipinski definition) is 3. The zero-order valence-electron chi connectivity index (χ0n) is 12.3. The van der Waals surface area contributed by atoms with Crippen molar-refractivity contribution < 1.29 is 14.6 Å². The maximum Gasteiger partial charge on any atom is 0.260 e. The Kier molecular flexibility index (Phi) is 4.65. The van der Waals surface area contributed by atoms with Gasteiger partial charge in [-0.1, -0.05) is 32.4 Å². The Morgan fingerprint density at radius 2 is 1.95 bits per heavy atom. The first-order chi connectivity index (χ1) is 9.56. The largest absolute Gasteiger partial charge is 0.484 e. The third kappa shape index (κ3) is 3.51. The Morgan fingerprint density at radius 3 is 2.50 bits per heavy atom. The van der Waals surface area contributed by atoms with E-state index in [0.717, 1.165) is 19.3 Å². The normalized spacial score (nSPS) is 16.6. The molecular formula is C16H23NO3. The lowest BCUT2D eigenvalue weighted by Gasteiger charge is -2.46. The van der Waals surface area contributed by atoms with Gasteiger partial charge in [-0.15, -0.1) is 0 Å². The number of rotatable bonds is 6. The lowest BCUT2D eigenvalue weighted by atomic mass is 9.89. The summed E-state index contributed by atoms with van der Waals surface area (Å²) in [7, 11) is 0. The summed E-state index contributed by atoms with van der Waals surface area (Å²) < 4.78 is 5.48. The van der Waals surface area contributed by atoms with Gasteiger partial charge in [-0.3, -0.25) is 4.79 Å². The van der Waals surface area contributed by atoms with Crippen molar-refractivity contribution in [3.8, 4) is 5.75 Å². The van der Waals surface area contributed by atoms with Crippen molar-refractivity contribution in [1.82, 2.24) is 4.90 Å². The highest BCUT2D eigenvalue weighted by molar-refractivity contribution is 5.79. The van der Waals surface area contributed by atoms with Crippen LogP contribution in [0.25, 0.3) is 0 Å². The molecule has 0 saturated carbocycles. The van der Waals surface area contributed by atoms with Crippen LogP contribution in [0.3, 0.4) is 0 Å². The predicted octanol–water partition coefficient (Wildman–Crippen LogP) is 2.00. The summed E-state index contributed by atoms with van der Waals surface area (Å²) in [6.07, 6.45) is 2.66. The maximum absolute atomic E-state index is 11.9. The molecule has 0 spiro atoms. The zero-order valence-corrected chi connectivity index (χ0v) is 12.3. The lowest BCUT2D eigenvalue weighted by Crippen LogP contribution is -2.64. The molecule has 0 bridgehead atoms. The first-order valence-corrected chi connectivity index (χ1v) is 7.28. The molecule has 1 aliphatic heterocycles. The van der Waals surface area contributed by atoms with Crippen LogP contribution in [0.5, 0.6) is 5.75 Å². The second kappa shape index (κ2) is 6.27. The third-order valence-electron chi connectivity index (χ3n) is 3.73. The number of aliphatic hydroxyl groups is 1. The van der Waals surface area contributed by atoms with Crippen molar-refractivity contribution in [3.63, 3.8) is 0 Å². The molecule has 0 unspecified atom stereocenters. The molecule has 1 fully saturated rings. The molecule has 4 nitrogen and oxygen atoms in total. The van der Waals surface area contributed by atoms with Crippen molar-refractivity contribution in [2.45, 2.75) is 38.7 Å². The summed E-state index contributed by atoms with van der Waals surface area (Å²) in [5.74, 6) is 0.644. The number of hydrogen-bond donors (Lipinski definition) is 1. The van der Waals surface area contributed by atoms with E-state index < -0.39 is 5.60 Å². The summed E-state index contributed by atoms with van der Waals surface area (Å²) in [5.41, 5.74) is 0.573. The zero-order chi connectivity index (χ0) is 14.6. The van der Waals surface area contributed by atoms with E-state index in [-0.39, 0.29) is 12.5 Å². The molecule has 0 aliphatic carbocycles. The van der Waals surface area contributed by atoms with Gasteiger partial charge in [0.15, 0.2) is 6.61 Å². The van der Waals surface area contributed by atoms with Crippen LogP contribution in [0.4, 0.5) is 0 Å². The smallest absolute Gasteiger partial charge is 0.260 e. The molecule has 1 aromatic rings. The van der Waals surface area contributed by atoms with E-state index in [1.165, 1.54) is 5.56 Å². The Morgan fingerprint density at radius 1 is 1.30 bits per heavy atom. The highest BCUT2D eigenvalue weighted by Gasteiger charge is 2.42. The minimum Gasteiger partial charge on any atom is -0.484 e. The van der Waals surface area contributed by atoms with Crippen LogP contribution >= 0.6 is 0 Å². The topological polar surface area (TPSA) is 49.8 Å². The number of ether oxygens (including phenoxy) is 1. The van der Waals surface area contributed by atoms with Gasteiger partial charge in [0.25, 0.3) is 5.91 Å². The van der Waals surface area contributed by atoms with Gasteiger partial charge in [0.1, 0.15) is 5.75 Å².